The van der Waals surface area contributed by atoms with Gasteiger partial charge in [-0.2, -0.15) is 5.26 Å². The van der Waals surface area contributed by atoms with Crippen LogP contribution in [0.15, 0.2) is 30.3 Å². The molecule has 27 heavy (non-hydrogen) atoms. The smallest absolute Gasteiger partial charge is 0.180 e. The number of allylic oxidation sites excluding steroid dienone is 1. The Bertz CT molecular complexity index is 1070. The van der Waals surface area contributed by atoms with Gasteiger partial charge < -0.3 is 14.5 Å². The van der Waals surface area contributed by atoms with E-state index in [1.54, 1.807) is 24.3 Å². The second kappa shape index (κ2) is 7.68. The molecule has 0 atom stereocenters. The number of hydrogen-bond acceptors (Lipinski definition) is 4. The summed E-state index contributed by atoms with van der Waals surface area (Å²) >= 11 is 6.33. The zero-order valence-electron chi connectivity index (χ0n) is 15.0. The molecule has 0 saturated heterocycles. The van der Waals surface area contributed by atoms with Crippen LogP contribution in [0.1, 0.15) is 25.2 Å². The topological polar surface area (TPSA) is 70.9 Å². The number of halogens is 2. The first-order valence-corrected chi connectivity index (χ1v) is 8.60. The quantitative estimate of drug-likeness (QED) is 0.611. The number of nitrogens with one attached hydrogen (secondary N) is 1. The predicted octanol–water partition coefficient (Wildman–Crippen LogP) is 5.22. The van der Waals surface area contributed by atoms with Crippen LogP contribution in [-0.2, 0) is 0 Å². The zero-order chi connectivity index (χ0) is 19.6. The van der Waals surface area contributed by atoms with Crippen molar-refractivity contribution in [3.05, 3.63) is 52.6 Å². The van der Waals surface area contributed by atoms with Crippen LogP contribution < -0.4 is 9.47 Å². The highest BCUT2D eigenvalue weighted by Crippen LogP contribution is 2.38. The van der Waals surface area contributed by atoms with Crippen LogP contribution in [0, 0.1) is 17.1 Å². The number of hydrogen-bond donors (Lipinski definition) is 1. The van der Waals surface area contributed by atoms with E-state index in [0.29, 0.717) is 38.9 Å². The van der Waals surface area contributed by atoms with Gasteiger partial charge >= 0.3 is 0 Å². The molecule has 3 rings (SSSR count). The fourth-order valence-corrected chi connectivity index (χ4v) is 2.87. The van der Waals surface area contributed by atoms with E-state index in [-0.39, 0.29) is 17.5 Å². The lowest BCUT2D eigenvalue weighted by Crippen LogP contribution is -2.07. The van der Waals surface area contributed by atoms with Crippen LogP contribution in [0.5, 0.6) is 11.5 Å². The lowest BCUT2D eigenvalue weighted by molar-refractivity contribution is 0.230. The highest BCUT2D eigenvalue weighted by molar-refractivity contribution is 6.32. The molecule has 0 radical (unpaired) electrons. The molecular formula is C20H17ClFN3O2. The summed E-state index contributed by atoms with van der Waals surface area (Å²) in [4.78, 5) is 7.30. The monoisotopic (exact) mass is 385 g/mol. The van der Waals surface area contributed by atoms with E-state index in [2.05, 4.69) is 16.0 Å². The summed E-state index contributed by atoms with van der Waals surface area (Å²) < 4.78 is 24.4. The zero-order valence-corrected chi connectivity index (χ0v) is 15.8. The Morgan fingerprint density at radius 1 is 1.33 bits per heavy atom. The first kappa shape index (κ1) is 18.7. The molecule has 0 amide bonds. The minimum Gasteiger partial charge on any atom is -0.493 e. The minimum absolute atomic E-state index is 0.0663. The third-order valence-electron chi connectivity index (χ3n) is 3.74. The lowest BCUT2D eigenvalue weighted by Gasteiger charge is -2.15. The molecule has 1 N–H and O–H groups in total. The van der Waals surface area contributed by atoms with Crippen LogP contribution in [0.2, 0.25) is 5.02 Å². The number of fused-ring (bicyclic) bond motifs is 1. The number of imidazole rings is 1. The van der Waals surface area contributed by atoms with Gasteiger partial charge in [0.05, 0.1) is 34.8 Å². The average molecular weight is 386 g/mol. The normalized spacial score (nSPS) is 11.7. The largest absolute Gasteiger partial charge is 0.493 e. The van der Waals surface area contributed by atoms with E-state index >= 15 is 0 Å². The van der Waals surface area contributed by atoms with Crippen molar-refractivity contribution >= 4 is 34.3 Å². The maximum atomic E-state index is 13.4. The fraction of sp³-hybridized carbons (Fsp3) is 0.200. The molecule has 5 nitrogen and oxygen atoms in total. The van der Waals surface area contributed by atoms with E-state index in [4.69, 9.17) is 21.1 Å². The molecule has 0 aliphatic carbocycles. The number of aromatic amines is 1. The van der Waals surface area contributed by atoms with Gasteiger partial charge in [0.1, 0.15) is 17.7 Å². The fourth-order valence-electron chi connectivity index (χ4n) is 2.60. The average Bonchev–Trinajstić information content (AvgIpc) is 3.04. The van der Waals surface area contributed by atoms with Crippen molar-refractivity contribution in [3.63, 3.8) is 0 Å². The first-order valence-electron chi connectivity index (χ1n) is 8.23. The number of methoxy groups -OCH3 is 1. The summed E-state index contributed by atoms with van der Waals surface area (Å²) in [6, 6.07) is 9.72. The molecule has 3 aromatic rings. The molecule has 1 aromatic heterocycles. The standard InChI is InChI=1S/C20H17ClFN3O2/c1-11(2)27-19-15(21)7-12(8-18(19)26-3)6-13(10-23)20-24-16-5-4-14(22)9-17(16)25-20/h4-9,11H,1-3H3,(H,24,25)/b13-6-. The SMILES string of the molecule is COc1cc(/C=C(/C#N)c2nc3ccc(F)cc3[nH]2)cc(Cl)c1OC(C)C. The highest BCUT2D eigenvalue weighted by atomic mass is 35.5. The molecular weight excluding hydrogens is 369 g/mol. The van der Waals surface area contributed by atoms with Gasteiger partial charge in [-0.1, -0.05) is 11.6 Å². The van der Waals surface area contributed by atoms with Crippen molar-refractivity contribution < 1.29 is 13.9 Å². The predicted molar refractivity (Wildman–Crippen MR) is 103 cm³/mol. The van der Waals surface area contributed by atoms with Gasteiger partial charge in [0.15, 0.2) is 11.5 Å². The van der Waals surface area contributed by atoms with Crippen LogP contribution in [0.25, 0.3) is 22.7 Å². The van der Waals surface area contributed by atoms with E-state index < -0.39 is 0 Å². The Labute approximate surface area is 161 Å². The van der Waals surface area contributed by atoms with Crippen molar-refractivity contribution in [2.75, 3.05) is 7.11 Å². The summed E-state index contributed by atoms with van der Waals surface area (Å²) in [6.07, 6.45) is 1.56. The van der Waals surface area contributed by atoms with Gasteiger partial charge in [0, 0.05) is 0 Å². The van der Waals surface area contributed by atoms with Crippen LogP contribution in [-0.4, -0.2) is 23.2 Å². The maximum absolute atomic E-state index is 13.4. The van der Waals surface area contributed by atoms with Crippen molar-refractivity contribution in [1.29, 1.82) is 5.26 Å². The number of aromatic nitrogens is 2. The molecule has 1 heterocycles. The third-order valence-corrected chi connectivity index (χ3v) is 4.02. The van der Waals surface area contributed by atoms with E-state index in [9.17, 15) is 9.65 Å². The molecule has 0 saturated carbocycles. The van der Waals surface area contributed by atoms with E-state index in [0.717, 1.165) is 0 Å². The molecule has 0 bridgehead atoms. The number of rotatable bonds is 5. The summed E-state index contributed by atoms with van der Waals surface area (Å²) in [5.74, 6) is 0.878. The number of H-pyrrole nitrogens is 1. The van der Waals surface area contributed by atoms with Gasteiger partial charge in [-0.3, -0.25) is 0 Å². The number of nitrogens with zero attached hydrogens (tertiary/aromatic N) is 2. The summed E-state index contributed by atoms with van der Waals surface area (Å²) in [6.45, 7) is 3.78. The molecule has 0 aliphatic heterocycles. The molecule has 0 fully saturated rings. The van der Waals surface area contributed by atoms with Crippen LogP contribution >= 0.6 is 11.6 Å². The second-order valence-corrected chi connectivity index (χ2v) is 6.52. The van der Waals surface area contributed by atoms with Gasteiger partial charge in [0.2, 0.25) is 0 Å². The minimum atomic E-state index is -0.377. The molecule has 0 aliphatic rings. The first-order chi connectivity index (χ1) is 12.9. The van der Waals surface area contributed by atoms with Crippen molar-refractivity contribution in [3.8, 4) is 17.6 Å². The Morgan fingerprint density at radius 3 is 2.78 bits per heavy atom. The Kier molecular flexibility index (Phi) is 5.33. The van der Waals surface area contributed by atoms with Gasteiger partial charge in [-0.05, 0) is 55.8 Å². The number of nitriles is 1. The Morgan fingerprint density at radius 2 is 2.11 bits per heavy atom. The number of ether oxygens (including phenoxy) is 2. The van der Waals surface area contributed by atoms with Gasteiger partial charge in [-0.25, -0.2) is 9.37 Å². The number of benzene rings is 2. The molecule has 0 unspecified atom stereocenters. The van der Waals surface area contributed by atoms with Crippen molar-refractivity contribution in [2.24, 2.45) is 0 Å². The Balaban J connectivity index is 2.04. The molecule has 138 valence electrons. The van der Waals surface area contributed by atoms with E-state index in [1.165, 1.54) is 19.2 Å². The van der Waals surface area contributed by atoms with Crippen LogP contribution in [0.4, 0.5) is 4.39 Å². The Hall–Kier alpha value is -3.04. The van der Waals surface area contributed by atoms with Gasteiger partial charge in [-0.15, -0.1) is 0 Å². The summed E-state index contributed by atoms with van der Waals surface area (Å²) in [5.41, 5.74) is 2.02. The van der Waals surface area contributed by atoms with Gasteiger partial charge in [0.25, 0.3) is 0 Å². The lowest BCUT2D eigenvalue weighted by atomic mass is 10.1. The highest BCUT2D eigenvalue weighted by Gasteiger charge is 2.14. The van der Waals surface area contributed by atoms with Crippen LogP contribution in [0.3, 0.4) is 0 Å². The summed E-state index contributed by atoms with van der Waals surface area (Å²) in [5, 5.41) is 9.92. The third kappa shape index (κ3) is 4.04. The molecule has 7 heteroatoms. The molecule has 2 aromatic carbocycles. The maximum Gasteiger partial charge on any atom is 0.180 e. The summed E-state index contributed by atoms with van der Waals surface area (Å²) in [7, 11) is 1.52. The van der Waals surface area contributed by atoms with E-state index in [1.807, 2.05) is 13.8 Å². The van der Waals surface area contributed by atoms with Crippen molar-refractivity contribution in [1.82, 2.24) is 9.97 Å². The molecule has 0 spiro atoms. The van der Waals surface area contributed by atoms with Crippen molar-refractivity contribution in [2.45, 2.75) is 20.0 Å². The second-order valence-electron chi connectivity index (χ2n) is 6.12.